The first-order valence-corrected chi connectivity index (χ1v) is 18.9. The third kappa shape index (κ3) is 3.80. The van der Waals surface area contributed by atoms with Gasteiger partial charge in [-0.25, -0.2) is 0 Å². The van der Waals surface area contributed by atoms with Gasteiger partial charge in [-0.15, -0.1) is 0 Å². The van der Waals surface area contributed by atoms with Crippen molar-refractivity contribution >= 4 is 65.4 Å². The number of benzene rings is 8. The number of hydrogen-bond donors (Lipinski definition) is 0. The summed E-state index contributed by atoms with van der Waals surface area (Å²) < 4.78 is 7.37. The van der Waals surface area contributed by atoms with Crippen LogP contribution in [0.25, 0.3) is 93.6 Å². The molecular formula is C51H35N3. The molecule has 0 N–H and O–H groups in total. The van der Waals surface area contributed by atoms with E-state index in [-0.39, 0.29) is 5.41 Å². The second kappa shape index (κ2) is 10.6. The largest absolute Gasteiger partial charge is 0.309 e. The van der Waals surface area contributed by atoms with Crippen LogP contribution < -0.4 is 0 Å². The van der Waals surface area contributed by atoms with Crippen molar-refractivity contribution in [2.75, 3.05) is 0 Å². The second-order valence-electron chi connectivity index (χ2n) is 15.4. The number of fused-ring (bicyclic) bond motifs is 13. The summed E-state index contributed by atoms with van der Waals surface area (Å²) >= 11 is 0. The van der Waals surface area contributed by atoms with Gasteiger partial charge in [0.15, 0.2) is 0 Å². The molecule has 12 rings (SSSR count). The summed E-state index contributed by atoms with van der Waals surface area (Å²) in [5.74, 6) is 0. The number of aromatic nitrogens is 3. The SMILES string of the molecule is CC1(C)c2ccccc2-c2ccc3c(c21)c1ccccc1n3-c1ccc2c3cc4c5ccccc5n(-c5ccccc5)c4cc3n(-c3ccccc3)c2c1. The maximum atomic E-state index is 2.49. The molecule has 0 spiro atoms. The van der Waals surface area contributed by atoms with Crippen molar-refractivity contribution < 1.29 is 0 Å². The van der Waals surface area contributed by atoms with Gasteiger partial charge in [0.2, 0.25) is 0 Å². The predicted octanol–water partition coefficient (Wildman–Crippen LogP) is 13.3. The fourth-order valence-electron chi connectivity index (χ4n) is 9.93. The Bertz CT molecular complexity index is 3340. The summed E-state index contributed by atoms with van der Waals surface area (Å²) in [5, 5.41) is 7.67. The Morgan fingerprint density at radius 3 is 1.59 bits per heavy atom. The summed E-state index contributed by atoms with van der Waals surface area (Å²) in [5.41, 5.74) is 16.2. The topological polar surface area (TPSA) is 14.8 Å². The first-order valence-electron chi connectivity index (χ1n) is 18.9. The number of rotatable bonds is 3. The summed E-state index contributed by atoms with van der Waals surface area (Å²) in [6.07, 6.45) is 0. The highest BCUT2D eigenvalue weighted by molar-refractivity contribution is 6.20. The Hall–Kier alpha value is -6.84. The normalized spacial score (nSPS) is 13.5. The van der Waals surface area contributed by atoms with E-state index in [1.54, 1.807) is 0 Å². The molecule has 1 aliphatic carbocycles. The Morgan fingerprint density at radius 2 is 0.870 bits per heavy atom. The van der Waals surface area contributed by atoms with Gasteiger partial charge in [-0.05, 0) is 89.0 Å². The minimum Gasteiger partial charge on any atom is -0.309 e. The highest BCUT2D eigenvalue weighted by Crippen LogP contribution is 2.53. The van der Waals surface area contributed by atoms with Crippen LogP contribution in [0, 0.1) is 0 Å². The monoisotopic (exact) mass is 689 g/mol. The van der Waals surface area contributed by atoms with Crippen LogP contribution in [0.3, 0.4) is 0 Å². The Balaban J connectivity index is 1.18. The van der Waals surface area contributed by atoms with E-state index in [4.69, 9.17) is 0 Å². The Morgan fingerprint density at radius 1 is 0.333 bits per heavy atom. The lowest BCUT2D eigenvalue weighted by Gasteiger charge is -2.22. The maximum absolute atomic E-state index is 2.49. The molecule has 3 aromatic heterocycles. The van der Waals surface area contributed by atoms with E-state index in [2.05, 4.69) is 203 Å². The van der Waals surface area contributed by atoms with Crippen molar-refractivity contribution in [2.24, 2.45) is 0 Å². The van der Waals surface area contributed by atoms with Crippen LogP contribution in [0.1, 0.15) is 25.0 Å². The fraction of sp³-hybridized carbons (Fsp3) is 0.0588. The molecule has 0 amide bonds. The van der Waals surface area contributed by atoms with Crippen molar-refractivity contribution in [1.29, 1.82) is 0 Å². The molecule has 54 heavy (non-hydrogen) atoms. The zero-order chi connectivity index (χ0) is 35.7. The van der Waals surface area contributed by atoms with Crippen LogP contribution in [0.4, 0.5) is 0 Å². The third-order valence-corrected chi connectivity index (χ3v) is 12.2. The molecule has 0 bridgehead atoms. The van der Waals surface area contributed by atoms with Gasteiger partial charge < -0.3 is 13.7 Å². The van der Waals surface area contributed by atoms with E-state index in [9.17, 15) is 0 Å². The summed E-state index contributed by atoms with van der Waals surface area (Å²) in [6.45, 7) is 4.78. The smallest absolute Gasteiger partial charge is 0.0562 e. The van der Waals surface area contributed by atoms with Crippen LogP contribution in [0.5, 0.6) is 0 Å². The Labute approximate surface area is 312 Å². The zero-order valence-corrected chi connectivity index (χ0v) is 30.1. The van der Waals surface area contributed by atoms with Crippen LogP contribution >= 0.6 is 0 Å². The molecule has 11 aromatic rings. The molecule has 8 aromatic carbocycles. The average Bonchev–Trinajstić information content (AvgIpc) is 3.90. The summed E-state index contributed by atoms with van der Waals surface area (Å²) in [6, 6.07) is 64.9. The minimum absolute atomic E-state index is 0.114. The number of para-hydroxylation sites is 4. The molecule has 3 nitrogen and oxygen atoms in total. The van der Waals surface area contributed by atoms with Crippen molar-refractivity contribution in [2.45, 2.75) is 19.3 Å². The molecule has 254 valence electrons. The van der Waals surface area contributed by atoms with E-state index < -0.39 is 0 Å². The molecule has 0 atom stereocenters. The highest BCUT2D eigenvalue weighted by Gasteiger charge is 2.38. The van der Waals surface area contributed by atoms with Gasteiger partial charge >= 0.3 is 0 Å². The molecule has 0 fully saturated rings. The molecule has 3 heterocycles. The van der Waals surface area contributed by atoms with Gasteiger partial charge in [-0.2, -0.15) is 0 Å². The lowest BCUT2D eigenvalue weighted by Crippen LogP contribution is -2.15. The first-order chi connectivity index (χ1) is 26.6. The lowest BCUT2D eigenvalue weighted by atomic mass is 9.80. The van der Waals surface area contributed by atoms with Gasteiger partial charge in [0.05, 0.1) is 33.1 Å². The van der Waals surface area contributed by atoms with E-state index in [0.717, 1.165) is 17.1 Å². The van der Waals surface area contributed by atoms with Crippen molar-refractivity contribution in [3.8, 4) is 28.2 Å². The van der Waals surface area contributed by atoms with Crippen LogP contribution in [0.15, 0.2) is 176 Å². The van der Waals surface area contributed by atoms with Crippen LogP contribution in [0.2, 0.25) is 0 Å². The van der Waals surface area contributed by atoms with Gasteiger partial charge in [-0.1, -0.05) is 123 Å². The summed E-state index contributed by atoms with van der Waals surface area (Å²) in [7, 11) is 0. The van der Waals surface area contributed by atoms with Crippen molar-refractivity contribution in [3.63, 3.8) is 0 Å². The second-order valence-corrected chi connectivity index (χ2v) is 15.4. The lowest BCUT2D eigenvalue weighted by molar-refractivity contribution is 0.666. The molecule has 0 unspecified atom stereocenters. The molecule has 0 saturated carbocycles. The molecule has 0 radical (unpaired) electrons. The van der Waals surface area contributed by atoms with E-state index in [1.165, 1.54) is 87.7 Å². The quantitative estimate of drug-likeness (QED) is 0.175. The van der Waals surface area contributed by atoms with Gasteiger partial charge in [0.25, 0.3) is 0 Å². The average molecular weight is 690 g/mol. The molecule has 1 aliphatic rings. The fourth-order valence-corrected chi connectivity index (χ4v) is 9.93. The van der Waals surface area contributed by atoms with E-state index in [0.29, 0.717) is 0 Å². The van der Waals surface area contributed by atoms with E-state index >= 15 is 0 Å². The number of hydrogen-bond acceptors (Lipinski definition) is 0. The third-order valence-electron chi connectivity index (χ3n) is 12.2. The Kier molecular flexibility index (Phi) is 5.84. The standard InChI is InChI=1S/C51H35N3/c1-51(2)42-22-12-9-19-35(42)38-27-28-45-49(50(38)51)39-21-11-14-24-44(39)54(45)34-25-26-37-41-30-40-36-20-10-13-23-43(36)52(32-15-5-3-6-16-32)47(40)31-48(41)53(46(37)29-34)33-17-7-4-8-18-33/h3-31H,1-2H3. The van der Waals surface area contributed by atoms with Gasteiger partial charge in [-0.3, -0.25) is 0 Å². The minimum atomic E-state index is -0.114. The maximum Gasteiger partial charge on any atom is 0.0562 e. The van der Waals surface area contributed by atoms with Gasteiger partial charge in [0, 0.05) is 54.8 Å². The number of nitrogens with zero attached hydrogens (tertiary/aromatic N) is 3. The summed E-state index contributed by atoms with van der Waals surface area (Å²) in [4.78, 5) is 0. The predicted molar refractivity (Wildman–Crippen MR) is 227 cm³/mol. The van der Waals surface area contributed by atoms with E-state index in [1.807, 2.05) is 0 Å². The highest BCUT2D eigenvalue weighted by atomic mass is 15.0. The first kappa shape index (κ1) is 29.7. The van der Waals surface area contributed by atoms with Crippen LogP contribution in [-0.4, -0.2) is 13.7 Å². The zero-order valence-electron chi connectivity index (χ0n) is 30.1. The van der Waals surface area contributed by atoms with Crippen molar-refractivity contribution in [1.82, 2.24) is 13.7 Å². The van der Waals surface area contributed by atoms with Gasteiger partial charge in [0.1, 0.15) is 0 Å². The molecule has 0 aliphatic heterocycles. The molecule has 3 heteroatoms. The van der Waals surface area contributed by atoms with Crippen LogP contribution in [-0.2, 0) is 5.41 Å². The van der Waals surface area contributed by atoms with Crippen molar-refractivity contribution in [3.05, 3.63) is 187 Å². The molecular weight excluding hydrogens is 655 g/mol. The molecule has 0 saturated heterocycles.